The highest BCUT2D eigenvalue weighted by Gasteiger charge is 2.14. The normalized spacial score (nSPS) is 13.9. The second kappa shape index (κ2) is 4.22. The van der Waals surface area contributed by atoms with Crippen LogP contribution < -0.4 is 14.8 Å². The fourth-order valence-corrected chi connectivity index (χ4v) is 1.52. The lowest BCUT2D eigenvalue weighted by molar-refractivity contribution is 0.0749. The molecule has 1 aromatic carbocycles. The number of rotatable bonds is 4. The number of anilines is 1. The molecule has 0 unspecified atom stereocenters. The van der Waals surface area contributed by atoms with E-state index in [0.717, 1.165) is 23.7 Å². The number of nitrogens with one attached hydrogen (secondary N) is 1. The molecular weight excluding hydrogens is 206 g/mol. The summed E-state index contributed by atoms with van der Waals surface area (Å²) in [5, 5.41) is 12.8. The summed E-state index contributed by atoms with van der Waals surface area (Å²) >= 11 is 0. The quantitative estimate of drug-likeness (QED) is 0.819. The highest BCUT2D eigenvalue weighted by Crippen LogP contribution is 2.34. The van der Waals surface area contributed by atoms with Crippen molar-refractivity contribution in [2.24, 2.45) is 0 Å². The van der Waals surface area contributed by atoms with Crippen molar-refractivity contribution in [2.45, 2.75) is 25.9 Å². The number of benzene rings is 1. The first kappa shape index (κ1) is 11.1. The lowest BCUT2D eigenvalue weighted by Gasteiger charge is -2.17. The fourth-order valence-electron chi connectivity index (χ4n) is 1.52. The van der Waals surface area contributed by atoms with E-state index in [2.05, 4.69) is 5.32 Å². The summed E-state index contributed by atoms with van der Waals surface area (Å²) in [6.45, 7) is 4.62. The van der Waals surface area contributed by atoms with Gasteiger partial charge in [0.2, 0.25) is 6.79 Å². The van der Waals surface area contributed by atoms with Gasteiger partial charge >= 0.3 is 0 Å². The smallest absolute Gasteiger partial charge is 0.231 e. The molecule has 16 heavy (non-hydrogen) atoms. The standard InChI is InChI=1S/C12H17NO3/c1-12(2,14)5-6-13-9-3-4-10-11(7-9)16-8-15-10/h3-4,7,13-14H,5-6,8H2,1-2H3. The SMILES string of the molecule is CC(C)(O)CCNc1ccc2c(c1)OCO2. The highest BCUT2D eigenvalue weighted by atomic mass is 16.7. The molecule has 2 N–H and O–H groups in total. The van der Waals surface area contributed by atoms with E-state index in [1.54, 1.807) is 13.8 Å². The summed E-state index contributed by atoms with van der Waals surface area (Å²) in [6, 6.07) is 5.74. The molecule has 4 heteroatoms. The monoisotopic (exact) mass is 223 g/mol. The molecule has 0 fully saturated rings. The maximum atomic E-state index is 9.57. The van der Waals surface area contributed by atoms with Gasteiger partial charge in [-0.1, -0.05) is 0 Å². The van der Waals surface area contributed by atoms with Crippen LogP contribution in [0.25, 0.3) is 0 Å². The van der Waals surface area contributed by atoms with E-state index < -0.39 is 5.60 Å². The highest BCUT2D eigenvalue weighted by molar-refractivity contribution is 5.55. The molecule has 1 aromatic rings. The summed E-state index contributed by atoms with van der Waals surface area (Å²) in [4.78, 5) is 0. The molecule has 0 saturated carbocycles. The van der Waals surface area contributed by atoms with Crippen LogP contribution in [-0.2, 0) is 0 Å². The largest absolute Gasteiger partial charge is 0.454 e. The lowest BCUT2D eigenvalue weighted by Crippen LogP contribution is -2.22. The molecule has 0 bridgehead atoms. The Morgan fingerprint density at radius 3 is 2.81 bits per heavy atom. The van der Waals surface area contributed by atoms with Crippen LogP contribution in [0.4, 0.5) is 5.69 Å². The maximum absolute atomic E-state index is 9.57. The molecule has 2 rings (SSSR count). The van der Waals surface area contributed by atoms with Crippen LogP contribution in [0.1, 0.15) is 20.3 Å². The first-order valence-corrected chi connectivity index (χ1v) is 5.40. The van der Waals surface area contributed by atoms with Crippen molar-refractivity contribution in [3.05, 3.63) is 18.2 Å². The van der Waals surface area contributed by atoms with Gasteiger partial charge in [0.1, 0.15) is 0 Å². The minimum Gasteiger partial charge on any atom is -0.454 e. The number of ether oxygens (including phenoxy) is 2. The molecule has 1 heterocycles. The van der Waals surface area contributed by atoms with Crippen LogP contribution in [0.3, 0.4) is 0 Å². The van der Waals surface area contributed by atoms with Crippen LogP contribution in [0.15, 0.2) is 18.2 Å². The molecule has 0 saturated heterocycles. The number of fused-ring (bicyclic) bond motifs is 1. The van der Waals surface area contributed by atoms with Crippen LogP contribution in [0, 0.1) is 0 Å². The van der Waals surface area contributed by atoms with Crippen molar-refractivity contribution in [3.8, 4) is 11.5 Å². The van der Waals surface area contributed by atoms with Gasteiger partial charge in [-0.05, 0) is 32.4 Å². The number of aliphatic hydroxyl groups is 1. The molecule has 0 spiro atoms. The van der Waals surface area contributed by atoms with E-state index in [1.807, 2.05) is 18.2 Å². The molecule has 1 aliphatic rings. The second-order valence-electron chi connectivity index (χ2n) is 4.56. The Labute approximate surface area is 95.2 Å². The second-order valence-corrected chi connectivity index (χ2v) is 4.56. The number of hydrogen-bond acceptors (Lipinski definition) is 4. The summed E-state index contributed by atoms with van der Waals surface area (Å²) < 4.78 is 10.5. The van der Waals surface area contributed by atoms with Gasteiger partial charge < -0.3 is 19.9 Å². The molecule has 0 aliphatic carbocycles. The molecule has 0 radical (unpaired) electrons. The summed E-state index contributed by atoms with van der Waals surface area (Å²) in [5.74, 6) is 1.56. The van der Waals surface area contributed by atoms with E-state index in [1.165, 1.54) is 0 Å². The van der Waals surface area contributed by atoms with Gasteiger partial charge in [-0.2, -0.15) is 0 Å². The van der Waals surface area contributed by atoms with Crippen LogP contribution >= 0.6 is 0 Å². The molecule has 1 aliphatic heterocycles. The third-order valence-corrected chi connectivity index (χ3v) is 2.44. The van der Waals surface area contributed by atoms with Crippen LogP contribution in [0.5, 0.6) is 11.5 Å². The molecule has 0 aromatic heterocycles. The zero-order valence-electron chi connectivity index (χ0n) is 9.62. The van der Waals surface area contributed by atoms with E-state index in [9.17, 15) is 5.11 Å². The molecular formula is C12H17NO3. The van der Waals surface area contributed by atoms with Crippen LogP contribution in [0.2, 0.25) is 0 Å². The van der Waals surface area contributed by atoms with E-state index in [0.29, 0.717) is 13.2 Å². The van der Waals surface area contributed by atoms with E-state index in [-0.39, 0.29) is 0 Å². The zero-order valence-corrected chi connectivity index (χ0v) is 9.62. The van der Waals surface area contributed by atoms with Crippen molar-refractivity contribution in [1.29, 1.82) is 0 Å². The van der Waals surface area contributed by atoms with Gasteiger partial charge in [0.15, 0.2) is 11.5 Å². The average molecular weight is 223 g/mol. The predicted molar refractivity (Wildman–Crippen MR) is 62.0 cm³/mol. The van der Waals surface area contributed by atoms with Crippen molar-refractivity contribution in [2.75, 3.05) is 18.7 Å². The Bertz CT molecular complexity index is 371. The Morgan fingerprint density at radius 1 is 1.31 bits per heavy atom. The van der Waals surface area contributed by atoms with Crippen molar-refractivity contribution >= 4 is 5.69 Å². The third kappa shape index (κ3) is 2.79. The summed E-state index contributed by atoms with van der Waals surface area (Å²) in [6.07, 6.45) is 0.696. The minimum atomic E-state index is -0.636. The van der Waals surface area contributed by atoms with Crippen molar-refractivity contribution < 1.29 is 14.6 Å². The Hall–Kier alpha value is -1.42. The maximum Gasteiger partial charge on any atom is 0.231 e. The minimum absolute atomic E-state index is 0.294. The van der Waals surface area contributed by atoms with Crippen LogP contribution in [-0.4, -0.2) is 24.0 Å². The summed E-state index contributed by atoms with van der Waals surface area (Å²) in [5.41, 5.74) is 0.345. The fraction of sp³-hybridized carbons (Fsp3) is 0.500. The van der Waals surface area contributed by atoms with Gasteiger partial charge in [-0.25, -0.2) is 0 Å². The Kier molecular flexibility index (Phi) is 2.92. The van der Waals surface area contributed by atoms with Gasteiger partial charge in [0.05, 0.1) is 5.60 Å². The van der Waals surface area contributed by atoms with Crippen molar-refractivity contribution in [1.82, 2.24) is 0 Å². The predicted octanol–water partition coefficient (Wildman–Crippen LogP) is 1.99. The topological polar surface area (TPSA) is 50.7 Å². The molecule has 0 atom stereocenters. The zero-order chi connectivity index (χ0) is 11.6. The average Bonchev–Trinajstić information content (AvgIpc) is 2.62. The van der Waals surface area contributed by atoms with Gasteiger partial charge in [0, 0.05) is 18.3 Å². The first-order valence-electron chi connectivity index (χ1n) is 5.40. The summed E-state index contributed by atoms with van der Waals surface area (Å²) in [7, 11) is 0. The van der Waals surface area contributed by atoms with Gasteiger partial charge in [0.25, 0.3) is 0 Å². The van der Waals surface area contributed by atoms with Gasteiger partial charge in [-0.3, -0.25) is 0 Å². The molecule has 0 amide bonds. The molecule has 4 nitrogen and oxygen atoms in total. The van der Waals surface area contributed by atoms with E-state index >= 15 is 0 Å². The first-order chi connectivity index (χ1) is 7.54. The number of hydrogen-bond donors (Lipinski definition) is 2. The van der Waals surface area contributed by atoms with Crippen molar-refractivity contribution in [3.63, 3.8) is 0 Å². The molecule has 88 valence electrons. The Morgan fingerprint density at radius 2 is 2.06 bits per heavy atom. The van der Waals surface area contributed by atoms with E-state index in [4.69, 9.17) is 9.47 Å². The third-order valence-electron chi connectivity index (χ3n) is 2.44. The Balaban J connectivity index is 1.91. The lowest BCUT2D eigenvalue weighted by atomic mass is 10.1. The van der Waals surface area contributed by atoms with Gasteiger partial charge in [-0.15, -0.1) is 0 Å².